The average Bonchev–Trinajstić information content (AvgIpc) is 3.26. The molecule has 1 atom stereocenters. The molecule has 2 heterocycles. The van der Waals surface area contributed by atoms with E-state index in [0.717, 1.165) is 41.1 Å². The van der Waals surface area contributed by atoms with E-state index < -0.39 is 6.04 Å². The lowest BCUT2D eigenvalue weighted by Crippen LogP contribution is -2.31. The molecule has 1 aliphatic rings. The number of nitrogens with one attached hydrogen (secondary N) is 2. The number of benzene rings is 2. The maximum atomic E-state index is 13.7. The number of hydrogen-bond acceptors (Lipinski definition) is 7. The number of allylic oxidation sites excluding steroid dienone is 1. The largest absolute Gasteiger partial charge is 0.493 e. The molecule has 0 saturated heterocycles. The Kier molecular flexibility index (Phi) is 7.65. The number of rotatable bonds is 9. The molecule has 2 N–H and O–H groups in total. The lowest BCUT2D eigenvalue weighted by atomic mass is 9.94. The Morgan fingerprint density at radius 2 is 1.91 bits per heavy atom. The monoisotopic (exact) mass is 493 g/mol. The van der Waals surface area contributed by atoms with Gasteiger partial charge in [-0.2, -0.15) is 4.98 Å². The van der Waals surface area contributed by atoms with Gasteiger partial charge in [-0.3, -0.25) is 4.79 Å². The van der Waals surface area contributed by atoms with Gasteiger partial charge in [-0.05, 0) is 49.6 Å². The van der Waals surface area contributed by atoms with E-state index in [1.165, 1.54) is 0 Å². The van der Waals surface area contributed by atoms with Crippen molar-refractivity contribution in [3.63, 3.8) is 0 Å². The Morgan fingerprint density at radius 1 is 1.14 bits per heavy atom. The van der Waals surface area contributed by atoms with Crippen LogP contribution in [0.25, 0.3) is 0 Å². The zero-order chi connectivity index (χ0) is 24.9. The van der Waals surface area contributed by atoms with Crippen molar-refractivity contribution in [1.82, 2.24) is 14.8 Å². The zero-order valence-corrected chi connectivity index (χ0v) is 21.5. The molecular weight excluding hydrogens is 462 g/mol. The number of anilines is 2. The number of carbonyl (C=O) groups is 1. The molecule has 0 spiro atoms. The molecule has 35 heavy (non-hydrogen) atoms. The van der Waals surface area contributed by atoms with Gasteiger partial charge in [0.15, 0.2) is 11.5 Å². The second-order valence-electron chi connectivity index (χ2n) is 8.31. The van der Waals surface area contributed by atoms with Crippen LogP contribution in [0, 0.1) is 6.92 Å². The lowest BCUT2D eigenvalue weighted by Gasteiger charge is -2.29. The van der Waals surface area contributed by atoms with Gasteiger partial charge in [0.05, 0.1) is 19.8 Å². The molecule has 1 aromatic heterocycles. The maximum absolute atomic E-state index is 13.7. The Hall–Kier alpha value is -3.46. The number of fused-ring (bicyclic) bond motifs is 1. The number of para-hydroxylation sites is 1. The highest BCUT2D eigenvalue weighted by molar-refractivity contribution is 7.99. The number of hydrogen-bond donors (Lipinski definition) is 2. The second-order valence-corrected chi connectivity index (χ2v) is 9.38. The normalized spacial score (nSPS) is 14.8. The third-order valence-electron chi connectivity index (χ3n) is 5.92. The maximum Gasteiger partial charge on any atom is 0.255 e. The summed E-state index contributed by atoms with van der Waals surface area (Å²) in [6.45, 7) is 6.02. The molecule has 9 heteroatoms. The third kappa shape index (κ3) is 5.14. The molecule has 3 aromatic rings. The molecule has 1 unspecified atom stereocenters. The van der Waals surface area contributed by atoms with Crippen LogP contribution in [0.2, 0.25) is 0 Å². The van der Waals surface area contributed by atoms with Crippen LogP contribution in [0.3, 0.4) is 0 Å². The smallest absolute Gasteiger partial charge is 0.255 e. The fourth-order valence-corrected chi connectivity index (χ4v) is 4.94. The van der Waals surface area contributed by atoms with Crippen LogP contribution in [0.5, 0.6) is 11.5 Å². The summed E-state index contributed by atoms with van der Waals surface area (Å²) in [6, 6.07) is 12.9. The molecular formula is C26H31N5O3S. The van der Waals surface area contributed by atoms with Gasteiger partial charge in [0.2, 0.25) is 11.1 Å². The number of ether oxygens (including phenoxy) is 2. The Bertz CT molecular complexity index is 1250. The highest BCUT2D eigenvalue weighted by atomic mass is 32.2. The highest BCUT2D eigenvalue weighted by Crippen LogP contribution is 2.39. The molecule has 2 aromatic carbocycles. The Morgan fingerprint density at radius 3 is 2.63 bits per heavy atom. The SMILES string of the molecule is CCCCSc1nc2n(n1)C(c1ccc(OC)c(OC)c1)C(C(=O)Nc1ccccc1C)=C(C)N2. The van der Waals surface area contributed by atoms with Gasteiger partial charge in [0.1, 0.15) is 6.04 Å². The Balaban J connectivity index is 1.78. The number of thioether (sulfide) groups is 1. The minimum absolute atomic E-state index is 0.203. The zero-order valence-electron chi connectivity index (χ0n) is 20.7. The fraction of sp³-hybridized carbons (Fsp3) is 0.346. The molecule has 1 amide bonds. The van der Waals surface area contributed by atoms with Gasteiger partial charge in [-0.15, -0.1) is 5.10 Å². The summed E-state index contributed by atoms with van der Waals surface area (Å²) < 4.78 is 12.8. The molecule has 0 bridgehead atoms. The van der Waals surface area contributed by atoms with E-state index >= 15 is 0 Å². The van der Waals surface area contributed by atoms with Crippen LogP contribution in [0.1, 0.15) is 43.9 Å². The topological polar surface area (TPSA) is 90.3 Å². The second kappa shape index (κ2) is 10.9. The van der Waals surface area contributed by atoms with Crippen LogP contribution in [-0.2, 0) is 4.79 Å². The van der Waals surface area contributed by atoms with Gasteiger partial charge >= 0.3 is 0 Å². The summed E-state index contributed by atoms with van der Waals surface area (Å²) in [5.74, 6) is 2.54. The minimum atomic E-state index is -0.497. The van der Waals surface area contributed by atoms with Gasteiger partial charge < -0.3 is 20.1 Å². The Labute approximate surface area is 210 Å². The van der Waals surface area contributed by atoms with Crippen molar-refractivity contribution in [2.45, 2.75) is 44.8 Å². The first-order valence-corrected chi connectivity index (χ1v) is 12.6. The van der Waals surface area contributed by atoms with Crippen molar-refractivity contribution in [2.24, 2.45) is 0 Å². The summed E-state index contributed by atoms with van der Waals surface area (Å²) in [6.07, 6.45) is 2.19. The number of nitrogens with zero attached hydrogens (tertiary/aromatic N) is 3. The molecule has 4 rings (SSSR count). The summed E-state index contributed by atoms with van der Waals surface area (Å²) in [7, 11) is 3.20. The van der Waals surface area contributed by atoms with Crippen LogP contribution in [0.15, 0.2) is 58.9 Å². The fourth-order valence-electron chi connectivity index (χ4n) is 4.03. The van der Waals surface area contributed by atoms with Crippen molar-refractivity contribution < 1.29 is 14.3 Å². The minimum Gasteiger partial charge on any atom is -0.493 e. The van der Waals surface area contributed by atoms with Crippen molar-refractivity contribution in [2.75, 3.05) is 30.6 Å². The molecule has 0 aliphatic carbocycles. The summed E-state index contributed by atoms with van der Waals surface area (Å²) >= 11 is 1.62. The predicted molar refractivity (Wildman–Crippen MR) is 139 cm³/mol. The molecule has 8 nitrogen and oxygen atoms in total. The first-order chi connectivity index (χ1) is 17.0. The van der Waals surface area contributed by atoms with E-state index in [9.17, 15) is 4.79 Å². The van der Waals surface area contributed by atoms with Crippen molar-refractivity contribution in [3.05, 3.63) is 64.9 Å². The number of aryl methyl sites for hydroxylation is 1. The lowest BCUT2D eigenvalue weighted by molar-refractivity contribution is -0.113. The molecule has 1 aliphatic heterocycles. The number of carbonyl (C=O) groups excluding carboxylic acids is 1. The summed E-state index contributed by atoms with van der Waals surface area (Å²) in [5, 5.41) is 11.8. The first kappa shape index (κ1) is 24.7. The number of methoxy groups -OCH3 is 2. The quantitative estimate of drug-likeness (QED) is 0.304. The first-order valence-electron chi connectivity index (χ1n) is 11.6. The van der Waals surface area contributed by atoms with Crippen LogP contribution in [0.4, 0.5) is 11.6 Å². The summed E-state index contributed by atoms with van der Waals surface area (Å²) in [5.41, 5.74) is 3.88. The van der Waals surface area contributed by atoms with Crippen molar-refractivity contribution in [3.8, 4) is 11.5 Å². The standard InChI is InChI=1S/C26H31N5O3S/c1-6-7-14-35-26-29-25-27-17(3)22(24(32)28-19-11-9-8-10-16(19)2)23(31(25)30-26)18-12-13-20(33-4)21(15-18)34-5/h8-13,15,23H,6-7,14H2,1-5H3,(H,28,32)(H,27,29,30). The van der Waals surface area contributed by atoms with Crippen molar-refractivity contribution in [1.29, 1.82) is 0 Å². The summed E-state index contributed by atoms with van der Waals surface area (Å²) in [4.78, 5) is 18.4. The van der Waals surface area contributed by atoms with Gasteiger partial charge in [0, 0.05) is 17.1 Å². The molecule has 0 fully saturated rings. The molecule has 184 valence electrons. The van der Waals surface area contributed by atoms with E-state index in [1.54, 1.807) is 30.7 Å². The van der Waals surface area contributed by atoms with E-state index in [1.807, 2.05) is 56.3 Å². The molecule has 0 saturated carbocycles. The van der Waals surface area contributed by atoms with E-state index in [2.05, 4.69) is 17.6 Å². The van der Waals surface area contributed by atoms with Crippen LogP contribution in [-0.4, -0.2) is 40.6 Å². The van der Waals surface area contributed by atoms with E-state index in [4.69, 9.17) is 19.6 Å². The number of aromatic nitrogens is 3. The highest BCUT2D eigenvalue weighted by Gasteiger charge is 2.35. The number of amides is 1. The van der Waals surface area contributed by atoms with Gasteiger partial charge in [-0.1, -0.05) is 49.4 Å². The van der Waals surface area contributed by atoms with Crippen molar-refractivity contribution >= 4 is 29.3 Å². The predicted octanol–water partition coefficient (Wildman–Crippen LogP) is 5.42. The van der Waals surface area contributed by atoms with Gasteiger partial charge in [0.25, 0.3) is 5.91 Å². The molecule has 0 radical (unpaired) electrons. The van der Waals surface area contributed by atoms with E-state index in [0.29, 0.717) is 28.2 Å². The van der Waals surface area contributed by atoms with Crippen LogP contribution < -0.4 is 20.1 Å². The van der Waals surface area contributed by atoms with E-state index in [-0.39, 0.29) is 5.91 Å². The average molecular weight is 494 g/mol. The number of unbranched alkanes of at least 4 members (excludes halogenated alkanes) is 1. The van der Waals surface area contributed by atoms with Gasteiger partial charge in [-0.25, -0.2) is 4.68 Å². The van der Waals surface area contributed by atoms with Crippen LogP contribution >= 0.6 is 11.8 Å². The third-order valence-corrected chi connectivity index (χ3v) is 6.85.